The molecule has 0 aromatic rings. The van der Waals surface area contributed by atoms with E-state index in [0.29, 0.717) is 18.4 Å². The van der Waals surface area contributed by atoms with E-state index in [2.05, 4.69) is 15.5 Å². The first-order valence-corrected chi connectivity index (χ1v) is 7.70. The molecule has 0 radical (unpaired) electrons. The lowest BCUT2D eigenvalue weighted by Gasteiger charge is -2.29. The van der Waals surface area contributed by atoms with Gasteiger partial charge in [-0.05, 0) is 37.5 Å². The Labute approximate surface area is 119 Å². The fourth-order valence-corrected chi connectivity index (χ4v) is 3.56. The van der Waals surface area contributed by atoms with Crippen molar-refractivity contribution in [1.29, 1.82) is 0 Å². The zero-order valence-corrected chi connectivity index (χ0v) is 11.8. The van der Waals surface area contributed by atoms with Gasteiger partial charge in [0.2, 0.25) is 5.91 Å². The van der Waals surface area contributed by atoms with Gasteiger partial charge >= 0.3 is 6.03 Å². The lowest BCUT2D eigenvalue weighted by atomic mass is 9.78. The Morgan fingerprint density at radius 1 is 1.15 bits per heavy atom. The molecule has 0 spiro atoms. The van der Waals surface area contributed by atoms with Crippen LogP contribution in [0.4, 0.5) is 4.79 Å². The zero-order valence-electron chi connectivity index (χ0n) is 11.8. The fraction of sp³-hybridized carbons (Fsp3) is 0.857. The van der Waals surface area contributed by atoms with Gasteiger partial charge in [-0.3, -0.25) is 15.0 Å². The van der Waals surface area contributed by atoms with Crippen LogP contribution in [0.15, 0.2) is 0 Å². The Balaban J connectivity index is 1.43. The first-order chi connectivity index (χ1) is 9.61. The molecule has 0 bridgehead atoms. The van der Waals surface area contributed by atoms with Crippen LogP contribution in [0.5, 0.6) is 0 Å². The van der Waals surface area contributed by atoms with Crippen LogP contribution in [0.1, 0.15) is 32.1 Å². The molecule has 1 saturated heterocycles. The molecule has 20 heavy (non-hydrogen) atoms. The summed E-state index contributed by atoms with van der Waals surface area (Å²) in [6, 6.07) is 0.196. The predicted octanol–water partition coefficient (Wildman–Crippen LogP) is 0.0338. The Bertz CT molecular complexity index is 397. The SMILES string of the molecule is NC1CCCC2CN(CC(=O)NC(=O)NC3CC3)CC12. The van der Waals surface area contributed by atoms with Crippen LogP contribution in [-0.4, -0.2) is 48.6 Å². The molecule has 2 aliphatic carbocycles. The van der Waals surface area contributed by atoms with Gasteiger partial charge in [0.15, 0.2) is 0 Å². The summed E-state index contributed by atoms with van der Waals surface area (Å²) in [4.78, 5) is 25.5. The van der Waals surface area contributed by atoms with Gasteiger partial charge in [0.05, 0.1) is 6.54 Å². The number of urea groups is 1. The van der Waals surface area contributed by atoms with Crippen molar-refractivity contribution in [3.63, 3.8) is 0 Å². The number of hydrogen-bond donors (Lipinski definition) is 3. The number of hydrogen-bond acceptors (Lipinski definition) is 4. The van der Waals surface area contributed by atoms with E-state index < -0.39 is 0 Å². The smallest absolute Gasteiger partial charge is 0.321 e. The van der Waals surface area contributed by atoms with Crippen molar-refractivity contribution < 1.29 is 9.59 Å². The topological polar surface area (TPSA) is 87.5 Å². The normalized spacial score (nSPS) is 33.5. The lowest BCUT2D eigenvalue weighted by molar-refractivity contribution is -0.121. The summed E-state index contributed by atoms with van der Waals surface area (Å²) in [6.07, 6.45) is 5.57. The third-order valence-corrected chi connectivity index (χ3v) is 4.76. The van der Waals surface area contributed by atoms with Gasteiger partial charge < -0.3 is 11.1 Å². The van der Waals surface area contributed by atoms with Crippen molar-refractivity contribution in [1.82, 2.24) is 15.5 Å². The van der Waals surface area contributed by atoms with E-state index in [1.807, 2.05) is 0 Å². The van der Waals surface area contributed by atoms with E-state index in [1.54, 1.807) is 0 Å². The van der Waals surface area contributed by atoms with Crippen molar-refractivity contribution >= 4 is 11.9 Å². The highest BCUT2D eigenvalue weighted by Crippen LogP contribution is 2.35. The summed E-state index contributed by atoms with van der Waals surface area (Å²) in [7, 11) is 0. The summed E-state index contributed by atoms with van der Waals surface area (Å²) in [5, 5.41) is 5.17. The zero-order chi connectivity index (χ0) is 14.1. The van der Waals surface area contributed by atoms with E-state index in [0.717, 1.165) is 32.4 Å². The Morgan fingerprint density at radius 2 is 1.95 bits per heavy atom. The lowest BCUT2D eigenvalue weighted by Crippen LogP contribution is -2.45. The van der Waals surface area contributed by atoms with Crippen LogP contribution in [0.2, 0.25) is 0 Å². The van der Waals surface area contributed by atoms with Crippen LogP contribution in [0, 0.1) is 11.8 Å². The minimum atomic E-state index is -0.356. The minimum Gasteiger partial charge on any atom is -0.335 e. The van der Waals surface area contributed by atoms with Crippen LogP contribution in [0.3, 0.4) is 0 Å². The van der Waals surface area contributed by atoms with Gasteiger partial charge in [0, 0.05) is 25.2 Å². The van der Waals surface area contributed by atoms with Crippen molar-refractivity contribution in [3.05, 3.63) is 0 Å². The van der Waals surface area contributed by atoms with Gasteiger partial charge in [-0.2, -0.15) is 0 Å². The number of carbonyl (C=O) groups excluding carboxylic acids is 2. The van der Waals surface area contributed by atoms with Crippen LogP contribution < -0.4 is 16.4 Å². The number of amides is 3. The first-order valence-electron chi connectivity index (χ1n) is 7.70. The third-order valence-electron chi connectivity index (χ3n) is 4.76. The number of nitrogens with one attached hydrogen (secondary N) is 2. The van der Waals surface area contributed by atoms with Crippen LogP contribution in [0.25, 0.3) is 0 Å². The Kier molecular flexibility index (Phi) is 3.94. The average molecular weight is 280 g/mol. The van der Waals surface area contributed by atoms with Gasteiger partial charge in [0.1, 0.15) is 0 Å². The minimum absolute atomic E-state index is 0.213. The van der Waals surface area contributed by atoms with Gasteiger partial charge in [0.25, 0.3) is 0 Å². The second-order valence-electron chi connectivity index (χ2n) is 6.51. The summed E-state index contributed by atoms with van der Waals surface area (Å²) in [6.45, 7) is 2.14. The maximum Gasteiger partial charge on any atom is 0.321 e. The molecule has 1 aliphatic heterocycles. The summed E-state index contributed by atoms with van der Waals surface area (Å²) in [5.74, 6) is 0.944. The van der Waals surface area contributed by atoms with E-state index in [1.165, 1.54) is 12.8 Å². The molecule has 6 nitrogen and oxygen atoms in total. The van der Waals surface area contributed by atoms with Gasteiger partial charge in [-0.15, -0.1) is 0 Å². The third kappa shape index (κ3) is 3.30. The van der Waals surface area contributed by atoms with Crippen LogP contribution in [-0.2, 0) is 4.79 Å². The van der Waals surface area contributed by atoms with E-state index in [4.69, 9.17) is 5.73 Å². The molecular weight excluding hydrogens is 256 g/mol. The number of likely N-dealkylation sites (tertiary alicyclic amines) is 1. The summed E-state index contributed by atoms with van der Waals surface area (Å²) >= 11 is 0. The molecule has 1 heterocycles. The van der Waals surface area contributed by atoms with Crippen molar-refractivity contribution in [2.75, 3.05) is 19.6 Å². The summed E-state index contributed by atoms with van der Waals surface area (Å²) < 4.78 is 0. The second-order valence-corrected chi connectivity index (χ2v) is 6.51. The maximum absolute atomic E-state index is 11.9. The molecule has 3 fully saturated rings. The maximum atomic E-state index is 11.9. The molecular formula is C14H24N4O2. The quantitative estimate of drug-likeness (QED) is 0.681. The van der Waals surface area contributed by atoms with E-state index in [9.17, 15) is 9.59 Å². The fourth-order valence-electron chi connectivity index (χ4n) is 3.56. The number of nitrogens with two attached hydrogens (primary N) is 1. The molecule has 112 valence electrons. The molecule has 3 aliphatic rings. The number of carbonyl (C=O) groups is 2. The molecule has 0 aromatic heterocycles. The van der Waals surface area contributed by atoms with Gasteiger partial charge in [-0.25, -0.2) is 4.79 Å². The molecule has 2 saturated carbocycles. The second kappa shape index (κ2) is 5.69. The number of imide groups is 1. The van der Waals surface area contributed by atoms with Crippen molar-refractivity contribution in [3.8, 4) is 0 Å². The molecule has 3 atom stereocenters. The largest absolute Gasteiger partial charge is 0.335 e. The highest BCUT2D eigenvalue weighted by Gasteiger charge is 2.39. The highest BCUT2D eigenvalue weighted by molar-refractivity contribution is 5.95. The highest BCUT2D eigenvalue weighted by atomic mass is 16.2. The van der Waals surface area contributed by atoms with Crippen molar-refractivity contribution in [2.24, 2.45) is 17.6 Å². The number of nitrogens with zero attached hydrogens (tertiary/aromatic N) is 1. The molecule has 6 heteroatoms. The van der Waals surface area contributed by atoms with E-state index >= 15 is 0 Å². The molecule has 3 unspecified atom stereocenters. The number of fused-ring (bicyclic) bond motifs is 1. The Hall–Kier alpha value is -1.14. The Morgan fingerprint density at radius 3 is 2.65 bits per heavy atom. The average Bonchev–Trinajstić information content (AvgIpc) is 3.07. The molecule has 3 amide bonds. The molecule has 4 N–H and O–H groups in total. The molecule has 0 aromatic carbocycles. The summed E-state index contributed by atoms with van der Waals surface area (Å²) in [5.41, 5.74) is 6.16. The van der Waals surface area contributed by atoms with Crippen LogP contribution >= 0.6 is 0 Å². The molecule has 3 rings (SSSR count). The predicted molar refractivity (Wildman–Crippen MR) is 74.9 cm³/mol. The number of rotatable bonds is 3. The standard InChI is InChI=1S/C14H24N4O2/c15-12-3-1-2-9-6-18(7-11(9)12)8-13(19)17-14(20)16-10-4-5-10/h9-12H,1-8,15H2,(H2,16,17,19,20). The monoisotopic (exact) mass is 280 g/mol. The first kappa shape index (κ1) is 13.8. The van der Waals surface area contributed by atoms with E-state index in [-0.39, 0.29) is 24.0 Å². The van der Waals surface area contributed by atoms with Gasteiger partial charge in [-0.1, -0.05) is 6.42 Å². The van der Waals surface area contributed by atoms with Crippen molar-refractivity contribution in [2.45, 2.75) is 44.2 Å².